The van der Waals surface area contributed by atoms with Gasteiger partial charge < -0.3 is 10.1 Å². The Morgan fingerprint density at radius 1 is 0.857 bits per heavy atom. The van der Waals surface area contributed by atoms with Crippen LogP contribution in [0.25, 0.3) is 11.1 Å². The monoisotopic (exact) mass is 637 g/mol. The Morgan fingerprint density at radius 2 is 1.57 bits per heavy atom. The number of hydrogen-bond acceptors (Lipinski definition) is 4. The third-order valence-electron chi connectivity index (χ3n) is 7.42. The number of halogens is 4. The molecule has 5 rings (SSSR count). The van der Waals surface area contributed by atoms with E-state index in [-0.39, 0.29) is 12.5 Å². The minimum Gasteiger partial charge on any atom is -0.360 e. The van der Waals surface area contributed by atoms with Gasteiger partial charge in [0.25, 0.3) is 0 Å². The molecule has 0 aromatic heterocycles. The average Bonchev–Trinajstić information content (AvgIpc) is 2.98. The van der Waals surface area contributed by atoms with Crippen molar-refractivity contribution in [2.24, 2.45) is 0 Å². The first-order valence-electron chi connectivity index (χ1n) is 13.4. The second kappa shape index (κ2) is 13.5. The zero-order chi connectivity index (χ0) is 29.7. The molecule has 0 radical (unpaired) electrons. The van der Waals surface area contributed by atoms with Gasteiger partial charge in [0.15, 0.2) is 0 Å². The van der Waals surface area contributed by atoms with Crippen LogP contribution in [0.5, 0.6) is 0 Å². The first-order valence-corrected chi connectivity index (χ1v) is 14.9. The number of ether oxygens (including phenoxy) is 1. The predicted octanol–water partition coefficient (Wildman–Crippen LogP) is 8.99. The molecule has 0 spiro atoms. The van der Waals surface area contributed by atoms with E-state index in [1.807, 2.05) is 48.5 Å². The predicted molar refractivity (Wildman–Crippen MR) is 170 cm³/mol. The largest absolute Gasteiger partial charge is 0.360 e. The SMILES string of the molecule is N#Cc1cccc(-c2ccc(C3(OCC(=O)Nc4cc(Cl)cc(Cl)c4)CCN(Cc4ccc(Cl)c(Cl)c4)CC3)cc2)c1. The minimum atomic E-state index is -0.662. The number of amides is 1. The van der Waals surface area contributed by atoms with Gasteiger partial charge in [0.05, 0.1) is 27.3 Å². The molecule has 0 bridgehead atoms. The minimum absolute atomic E-state index is 0.136. The summed E-state index contributed by atoms with van der Waals surface area (Å²) < 4.78 is 6.48. The van der Waals surface area contributed by atoms with Crippen molar-refractivity contribution >= 4 is 58.0 Å². The van der Waals surface area contributed by atoms with E-state index in [2.05, 4.69) is 28.4 Å². The lowest BCUT2D eigenvalue weighted by atomic mass is 9.83. The van der Waals surface area contributed by atoms with Crippen LogP contribution >= 0.6 is 46.4 Å². The summed E-state index contributed by atoms with van der Waals surface area (Å²) in [5.74, 6) is -0.295. The Hall–Kier alpha value is -3.08. The van der Waals surface area contributed by atoms with Crippen LogP contribution in [0.2, 0.25) is 20.1 Å². The van der Waals surface area contributed by atoms with Gasteiger partial charge >= 0.3 is 0 Å². The van der Waals surface area contributed by atoms with Crippen molar-refractivity contribution in [1.82, 2.24) is 4.90 Å². The molecule has 1 fully saturated rings. The Balaban J connectivity index is 1.34. The van der Waals surface area contributed by atoms with E-state index in [1.165, 1.54) is 0 Å². The van der Waals surface area contributed by atoms with Crippen LogP contribution in [0.3, 0.4) is 0 Å². The van der Waals surface area contributed by atoms with Crippen molar-refractivity contribution in [3.05, 3.63) is 122 Å². The van der Waals surface area contributed by atoms with Gasteiger partial charge in [-0.3, -0.25) is 9.69 Å². The molecule has 5 nitrogen and oxygen atoms in total. The van der Waals surface area contributed by atoms with Gasteiger partial charge in [-0.15, -0.1) is 0 Å². The molecule has 9 heteroatoms. The van der Waals surface area contributed by atoms with Gasteiger partial charge in [0.1, 0.15) is 6.61 Å². The van der Waals surface area contributed by atoms with Gasteiger partial charge in [-0.05, 0) is 77.6 Å². The highest BCUT2D eigenvalue weighted by Crippen LogP contribution is 2.38. The zero-order valence-electron chi connectivity index (χ0n) is 22.5. The molecule has 1 N–H and O–H groups in total. The molecule has 42 heavy (non-hydrogen) atoms. The molecule has 0 unspecified atom stereocenters. The van der Waals surface area contributed by atoms with Gasteiger partial charge in [0, 0.05) is 35.4 Å². The first-order chi connectivity index (χ1) is 20.2. The van der Waals surface area contributed by atoms with Crippen molar-refractivity contribution in [3.8, 4) is 17.2 Å². The quantitative estimate of drug-likeness (QED) is 0.209. The standard InChI is InChI=1S/C33H27Cl4N3O2/c34-27-16-28(35)18-29(17-27)39-32(41)21-42-33(10-12-40(13-11-33)20-23-4-9-30(36)31(37)15-23)26-7-5-24(6-8-26)25-3-1-2-22(14-25)19-38/h1-9,14-18H,10-13,20-21H2,(H,39,41). The number of benzene rings is 4. The number of carbonyl (C=O) groups excluding carboxylic acids is 1. The fourth-order valence-electron chi connectivity index (χ4n) is 5.25. The third kappa shape index (κ3) is 7.46. The van der Waals surface area contributed by atoms with Gasteiger partial charge in [-0.25, -0.2) is 0 Å². The Kier molecular flexibility index (Phi) is 9.75. The topological polar surface area (TPSA) is 65.4 Å². The van der Waals surface area contributed by atoms with Crippen LogP contribution in [0.1, 0.15) is 29.5 Å². The van der Waals surface area contributed by atoms with Crippen LogP contribution in [-0.2, 0) is 21.7 Å². The Morgan fingerprint density at radius 3 is 2.24 bits per heavy atom. The average molecular weight is 639 g/mol. The summed E-state index contributed by atoms with van der Waals surface area (Å²) in [4.78, 5) is 15.3. The molecule has 0 atom stereocenters. The second-order valence-electron chi connectivity index (χ2n) is 10.3. The van der Waals surface area contributed by atoms with E-state index in [0.29, 0.717) is 44.2 Å². The highest BCUT2D eigenvalue weighted by molar-refractivity contribution is 6.42. The van der Waals surface area contributed by atoms with E-state index in [0.717, 1.165) is 41.9 Å². The summed E-state index contributed by atoms with van der Waals surface area (Å²) in [7, 11) is 0. The summed E-state index contributed by atoms with van der Waals surface area (Å²) in [6, 6.07) is 28.5. The summed E-state index contributed by atoms with van der Waals surface area (Å²) in [5, 5.41) is 14.1. The highest BCUT2D eigenvalue weighted by atomic mass is 35.5. The number of likely N-dealkylation sites (tertiary alicyclic amines) is 1. The number of piperidine rings is 1. The number of nitrogens with zero attached hydrogens (tertiary/aromatic N) is 2. The molecule has 4 aromatic carbocycles. The maximum atomic E-state index is 12.9. The van der Waals surface area contributed by atoms with E-state index < -0.39 is 5.60 Å². The Labute approximate surface area is 265 Å². The molecular formula is C33H27Cl4N3O2. The first kappa shape index (κ1) is 30.4. The van der Waals surface area contributed by atoms with Crippen molar-refractivity contribution in [2.75, 3.05) is 25.0 Å². The highest BCUT2D eigenvalue weighted by Gasteiger charge is 2.38. The van der Waals surface area contributed by atoms with Gasteiger partial charge in [-0.1, -0.05) is 88.9 Å². The molecule has 0 saturated carbocycles. The molecule has 1 heterocycles. The van der Waals surface area contributed by atoms with Crippen molar-refractivity contribution in [2.45, 2.75) is 25.0 Å². The fourth-order valence-corrected chi connectivity index (χ4v) is 6.09. The number of nitrogens with one attached hydrogen (secondary N) is 1. The number of nitriles is 1. The van der Waals surface area contributed by atoms with E-state index in [1.54, 1.807) is 24.3 Å². The molecule has 0 aliphatic carbocycles. The maximum Gasteiger partial charge on any atom is 0.250 e. The molecule has 1 saturated heterocycles. The van der Waals surface area contributed by atoms with Crippen LogP contribution in [0, 0.1) is 11.3 Å². The summed E-state index contributed by atoms with van der Waals surface area (Å²) in [5.41, 5.74) is 4.50. The lowest BCUT2D eigenvalue weighted by Crippen LogP contribution is -2.45. The van der Waals surface area contributed by atoms with Crippen LogP contribution in [-0.4, -0.2) is 30.5 Å². The van der Waals surface area contributed by atoms with E-state index in [9.17, 15) is 10.1 Å². The third-order valence-corrected chi connectivity index (χ3v) is 8.59. The van der Waals surface area contributed by atoms with Crippen molar-refractivity contribution in [1.29, 1.82) is 5.26 Å². The Bertz CT molecular complexity index is 1610. The van der Waals surface area contributed by atoms with Gasteiger partial charge in [0.2, 0.25) is 5.91 Å². The fraction of sp³-hybridized carbons (Fsp3) is 0.212. The molecular weight excluding hydrogens is 612 g/mol. The second-order valence-corrected chi connectivity index (χ2v) is 12.0. The van der Waals surface area contributed by atoms with Crippen LogP contribution < -0.4 is 5.32 Å². The molecule has 4 aromatic rings. The summed E-state index contributed by atoms with van der Waals surface area (Å²) >= 11 is 24.5. The normalized spacial score (nSPS) is 14.7. The zero-order valence-corrected chi connectivity index (χ0v) is 25.6. The molecule has 214 valence electrons. The lowest BCUT2D eigenvalue weighted by molar-refractivity contribution is -0.135. The lowest BCUT2D eigenvalue weighted by Gasteiger charge is -2.42. The molecule has 1 aliphatic rings. The summed E-state index contributed by atoms with van der Waals surface area (Å²) in [6.07, 6.45) is 1.38. The van der Waals surface area contributed by atoms with Crippen molar-refractivity contribution in [3.63, 3.8) is 0 Å². The molecule has 1 aliphatic heterocycles. The van der Waals surface area contributed by atoms with E-state index >= 15 is 0 Å². The summed E-state index contributed by atoms with van der Waals surface area (Å²) in [6.45, 7) is 2.12. The molecule has 1 amide bonds. The number of hydrogen-bond donors (Lipinski definition) is 1. The number of carbonyl (C=O) groups is 1. The number of anilines is 1. The van der Waals surface area contributed by atoms with Gasteiger partial charge in [-0.2, -0.15) is 5.26 Å². The maximum absolute atomic E-state index is 12.9. The van der Waals surface area contributed by atoms with E-state index in [4.69, 9.17) is 51.1 Å². The smallest absolute Gasteiger partial charge is 0.250 e. The van der Waals surface area contributed by atoms with Crippen LogP contribution in [0.4, 0.5) is 5.69 Å². The van der Waals surface area contributed by atoms with Crippen LogP contribution in [0.15, 0.2) is 84.9 Å². The number of rotatable bonds is 8. The van der Waals surface area contributed by atoms with Crippen molar-refractivity contribution < 1.29 is 9.53 Å².